The highest BCUT2D eigenvalue weighted by molar-refractivity contribution is 5.97. The van der Waals surface area contributed by atoms with E-state index < -0.39 is 29.7 Å². The van der Waals surface area contributed by atoms with E-state index in [0.717, 1.165) is 12.1 Å². The largest absolute Gasteiger partial charge is 0.416 e. The van der Waals surface area contributed by atoms with Crippen molar-refractivity contribution in [2.45, 2.75) is 26.1 Å². The van der Waals surface area contributed by atoms with Gasteiger partial charge in [-0.15, -0.1) is 0 Å². The first kappa shape index (κ1) is 16.8. The number of urea groups is 1. The molecule has 0 fully saturated rings. The van der Waals surface area contributed by atoms with Crippen molar-refractivity contribution in [2.75, 3.05) is 11.9 Å². The van der Waals surface area contributed by atoms with Gasteiger partial charge in [-0.3, -0.25) is 10.1 Å². The van der Waals surface area contributed by atoms with E-state index in [4.69, 9.17) is 0 Å². The van der Waals surface area contributed by atoms with E-state index >= 15 is 0 Å². The normalized spacial score (nSPS) is 12.4. The zero-order chi connectivity index (χ0) is 16.0. The Morgan fingerprint density at radius 2 is 1.95 bits per heavy atom. The standard InChI is InChI=1S/C13H16F3N3O2/c1-3-17-12(21)19-11(20)8(2)18-10-6-4-5-9(7-10)13(14,15)16/h4-8,18H,3H2,1-2H3,(H2,17,19,20,21). The van der Waals surface area contributed by atoms with E-state index in [1.807, 2.05) is 0 Å². The minimum Gasteiger partial charge on any atom is -0.374 e. The van der Waals surface area contributed by atoms with Crippen LogP contribution in [-0.4, -0.2) is 24.5 Å². The molecule has 1 aromatic carbocycles. The van der Waals surface area contributed by atoms with Gasteiger partial charge in [0.05, 0.1) is 5.56 Å². The minimum atomic E-state index is -4.45. The molecule has 0 saturated heterocycles. The van der Waals surface area contributed by atoms with Crippen LogP contribution in [0.2, 0.25) is 0 Å². The Morgan fingerprint density at radius 3 is 2.52 bits per heavy atom. The van der Waals surface area contributed by atoms with Gasteiger partial charge >= 0.3 is 12.2 Å². The molecular weight excluding hydrogens is 287 g/mol. The number of halogens is 3. The smallest absolute Gasteiger partial charge is 0.374 e. The molecule has 1 atom stereocenters. The lowest BCUT2D eigenvalue weighted by atomic mass is 10.2. The first-order valence-corrected chi connectivity index (χ1v) is 6.26. The summed E-state index contributed by atoms with van der Waals surface area (Å²) in [6.45, 7) is 3.48. The Hall–Kier alpha value is -2.25. The second-order valence-corrected chi connectivity index (χ2v) is 4.29. The average Bonchev–Trinajstić information content (AvgIpc) is 2.38. The Bertz CT molecular complexity index is 518. The Kier molecular flexibility index (Phi) is 5.57. The van der Waals surface area contributed by atoms with Crippen LogP contribution in [0.4, 0.5) is 23.7 Å². The lowest BCUT2D eigenvalue weighted by Crippen LogP contribution is -2.45. The van der Waals surface area contributed by atoms with Crippen molar-refractivity contribution in [3.8, 4) is 0 Å². The maximum absolute atomic E-state index is 12.6. The maximum atomic E-state index is 12.6. The predicted molar refractivity (Wildman–Crippen MR) is 71.7 cm³/mol. The van der Waals surface area contributed by atoms with Crippen LogP contribution < -0.4 is 16.0 Å². The van der Waals surface area contributed by atoms with Crippen molar-refractivity contribution in [3.05, 3.63) is 29.8 Å². The third-order valence-electron chi connectivity index (χ3n) is 2.54. The van der Waals surface area contributed by atoms with E-state index in [2.05, 4.69) is 16.0 Å². The highest BCUT2D eigenvalue weighted by Gasteiger charge is 2.30. The molecule has 3 amide bonds. The number of nitrogens with one attached hydrogen (secondary N) is 3. The van der Waals surface area contributed by atoms with Crippen LogP contribution in [0.1, 0.15) is 19.4 Å². The second kappa shape index (κ2) is 6.96. The monoisotopic (exact) mass is 303 g/mol. The van der Waals surface area contributed by atoms with E-state index in [-0.39, 0.29) is 5.69 Å². The number of anilines is 1. The fourth-order valence-corrected chi connectivity index (χ4v) is 1.53. The molecular formula is C13H16F3N3O2. The number of alkyl halides is 3. The van der Waals surface area contributed by atoms with E-state index in [0.29, 0.717) is 6.54 Å². The molecule has 0 spiro atoms. The zero-order valence-corrected chi connectivity index (χ0v) is 11.5. The summed E-state index contributed by atoms with van der Waals surface area (Å²) in [5, 5.41) is 7.06. The molecule has 0 aromatic heterocycles. The lowest BCUT2D eigenvalue weighted by molar-refractivity contribution is -0.137. The number of amides is 3. The van der Waals surface area contributed by atoms with Crippen molar-refractivity contribution >= 4 is 17.6 Å². The molecule has 0 radical (unpaired) electrons. The Balaban J connectivity index is 2.68. The van der Waals surface area contributed by atoms with Crippen LogP contribution in [-0.2, 0) is 11.0 Å². The van der Waals surface area contributed by atoms with Crippen molar-refractivity contribution < 1.29 is 22.8 Å². The Labute approximate surface area is 119 Å². The summed E-state index contributed by atoms with van der Waals surface area (Å²) in [6.07, 6.45) is -4.45. The summed E-state index contributed by atoms with van der Waals surface area (Å²) < 4.78 is 37.7. The Morgan fingerprint density at radius 1 is 1.29 bits per heavy atom. The molecule has 0 heterocycles. The van der Waals surface area contributed by atoms with Gasteiger partial charge in [0.15, 0.2) is 0 Å². The third kappa shape index (κ3) is 5.33. The first-order valence-electron chi connectivity index (χ1n) is 6.26. The van der Waals surface area contributed by atoms with E-state index in [9.17, 15) is 22.8 Å². The maximum Gasteiger partial charge on any atom is 0.416 e. The highest BCUT2D eigenvalue weighted by Crippen LogP contribution is 2.30. The lowest BCUT2D eigenvalue weighted by Gasteiger charge is -2.16. The molecule has 0 bridgehead atoms. The van der Waals surface area contributed by atoms with Crippen LogP contribution in [0.5, 0.6) is 0 Å². The van der Waals surface area contributed by atoms with Gasteiger partial charge in [0.1, 0.15) is 6.04 Å². The van der Waals surface area contributed by atoms with Gasteiger partial charge < -0.3 is 10.6 Å². The molecule has 1 aromatic rings. The van der Waals surface area contributed by atoms with Crippen molar-refractivity contribution in [1.82, 2.24) is 10.6 Å². The van der Waals surface area contributed by atoms with Crippen molar-refractivity contribution in [1.29, 1.82) is 0 Å². The van der Waals surface area contributed by atoms with Gasteiger partial charge in [0.25, 0.3) is 0 Å². The molecule has 0 aliphatic heterocycles. The summed E-state index contributed by atoms with van der Waals surface area (Å²) >= 11 is 0. The van der Waals surface area contributed by atoms with Crippen LogP contribution in [0.25, 0.3) is 0 Å². The third-order valence-corrected chi connectivity index (χ3v) is 2.54. The summed E-state index contributed by atoms with van der Waals surface area (Å²) in [4.78, 5) is 22.8. The van der Waals surface area contributed by atoms with Crippen LogP contribution in [0.3, 0.4) is 0 Å². The molecule has 0 saturated carbocycles. The highest BCUT2D eigenvalue weighted by atomic mass is 19.4. The number of hydrogen-bond donors (Lipinski definition) is 3. The van der Waals surface area contributed by atoms with Crippen molar-refractivity contribution in [2.24, 2.45) is 0 Å². The molecule has 5 nitrogen and oxygen atoms in total. The number of hydrogen-bond acceptors (Lipinski definition) is 3. The topological polar surface area (TPSA) is 70.2 Å². The summed E-state index contributed by atoms with van der Waals surface area (Å²) in [5.41, 5.74) is -0.674. The van der Waals surface area contributed by atoms with Gasteiger partial charge in [0, 0.05) is 12.2 Å². The number of carbonyl (C=O) groups excluding carboxylic acids is 2. The molecule has 0 aliphatic rings. The SMILES string of the molecule is CCNC(=O)NC(=O)C(C)Nc1cccc(C(F)(F)F)c1. The molecule has 1 unspecified atom stereocenters. The summed E-state index contributed by atoms with van der Waals surface area (Å²) in [7, 11) is 0. The number of carbonyl (C=O) groups is 2. The minimum absolute atomic E-state index is 0.142. The van der Waals surface area contributed by atoms with Crippen LogP contribution in [0, 0.1) is 0 Å². The molecule has 116 valence electrons. The quantitative estimate of drug-likeness (QED) is 0.799. The predicted octanol–water partition coefficient (Wildman–Crippen LogP) is 2.35. The molecule has 8 heteroatoms. The number of imide groups is 1. The molecule has 0 aliphatic carbocycles. The molecule has 21 heavy (non-hydrogen) atoms. The number of rotatable bonds is 4. The van der Waals surface area contributed by atoms with Gasteiger partial charge in [-0.05, 0) is 32.0 Å². The first-order chi connectivity index (χ1) is 9.74. The van der Waals surface area contributed by atoms with E-state index in [1.54, 1.807) is 6.92 Å². The van der Waals surface area contributed by atoms with Crippen LogP contribution >= 0.6 is 0 Å². The molecule has 3 N–H and O–H groups in total. The van der Waals surface area contributed by atoms with Gasteiger partial charge in [-0.2, -0.15) is 13.2 Å². The van der Waals surface area contributed by atoms with Gasteiger partial charge in [-0.1, -0.05) is 6.07 Å². The van der Waals surface area contributed by atoms with Crippen LogP contribution in [0.15, 0.2) is 24.3 Å². The fraction of sp³-hybridized carbons (Fsp3) is 0.385. The van der Waals surface area contributed by atoms with Gasteiger partial charge in [0.2, 0.25) is 5.91 Å². The number of benzene rings is 1. The average molecular weight is 303 g/mol. The summed E-state index contributed by atoms with van der Waals surface area (Å²) in [5.74, 6) is -0.640. The second-order valence-electron chi connectivity index (χ2n) is 4.29. The molecule has 1 rings (SSSR count). The zero-order valence-electron chi connectivity index (χ0n) is 11.5. The van der Waals surface area contributed by atoms with E-state index in [1.165, 1.54) is 19.1 Å². The van der Waals surface area contributed by atoms with Gasteiger partial charge in [-0.25, -0.2) is 4.79 Å². The van der Waals surface area contributed by atoms with Crippen molar-refractivity contribution in [3.63, 3.8) is 0 Å². The summed E-state index contributed by atoms with van der Waals surface area (Å²) in [6, 6.07) is 2.96. The fourth-order valence-electron chi connectivity index (χ4n) is 1.53.